The molecule has 4 heterocycles. The molecule has 0 radical (unpaired) electrons. The lowest BCUT2D eigenvalue weighted by atomic mass is 10.0. The number of hydrogen-bond acceptors (Lipinski definition) is 6. The third kappa shape index (κ3) is 4.96. The summed E-state index contributed by atoms with van der Waals surface area (Å²) in [6.07, 6.45) is 7.99. The highest BCUT2D eigenvalue weighted by molar-refractivity contribution is 5.91. The fourth-order valence-electron chi connectivity index (χ4n) is 3.81. The summed E-state index contributed by atoms with van der Waals surface area (Å²) in [7, 11) is 1.85. The number of carbonyl (C=O) groups is 1. The van der Waals surface area contributed by atoms with Gasteiger partial charge in [0.05, 0.1) is 11.7 Å². The first-order valence-electron chi connectivity index (χ1n) is 10.5. The highest BCUT2D eigenvalue weighted by atomic mass is 16.2. The van der Waals surface area contributed by atoms with Crippen molar-refractivity contribution < 1.29 is 4.79 Å². The smallest absolute Gasteiger partial charge is 0.247 e. The number of nitrogens with zero attached hydrogens (tertiary/aromatic N) is 6. The zero-order valence-corrected chi connectivity index (χ0v) is 18.1. The summed E-state index contributed by atoms with van der Waals surface area (Å²) in [4.78, 5) is 28.8. The van der Waals surface area contributed by atoms with Crippen LogP contribution < -0.4 is 5.32 Å². The van der Waals surface area contributed by atoms with Crippen LogP contribution in [0.25, 0.3) is 6.08 Å². The number of amides is 1. The molecule has 31 heavy (non-hydrogen) atoms. The van der Waals surface area contributed by atoms with E-state index in [1.165, 1.54) is 0 Å². The quantitative estimate of drug-likeness (QED) is 0.636. The molecular formula is C23H27N7O. The summed E-state index contributed by atoms with van der Waals surface area (Å²) >= 11 is 0. The third-order valence-corrected chi connectivity index (χ3v) is 5.36. The number of pyridine rings is 1. The second-order valence-corrected chi connectivity index (χ2v) is 7.80. The van der Waals surface area contributed by atoms with Crippen LogP contribution in [0.15, 0.2) is 42.6 Å². The summed E-state index contributed by atoms with van der Waals surface area (Å²) < 4.78 is 1.73. The van der Waals surface area contributed by atoms with Gasteiger partial charge in [0, 0.05) is 43.3 Å². The molecule has 0 saturated carbocycles. The predicted molar refractivity (Wildman–Crippen MR) is 120 cm³/mol. The van der Waals surface area contributed by atoms with Crippen LogP contribution in [0.3, 0.4) is 0 Å². The summed E-state index contributed by atoms with van der Waals surface area (Å²) in [5.41, 5.74) is 2.66. The topological polar surface area (TPSA) is 88.8 Å². The number of nitrogens with one attached hydrogen (secondary N) is 1. The summed E-state index contributed by atoms with van der Waals surface area (Å²) in [5, 5.41) is 7.41. The average Bonchev–Trinajstić information content (AvgIpc) is 3.16. The number of aryl methyl sites for hydroxylation is 3. The van der Waals surface area contributed by atoms with Crippen LogP contribution in [0.5, 0.6) is 0 Å². The first kappa shape index (κ1) is 20.7. The van der Waals surface area contributed by atoms with E-state index in [9.17, 15) is 4.79 Å². The van der Waals surface area contributed by atoms with E-state index in [2.05, 4.69) is 20.4 Å². The first-order chi connectivity index (χ1) is 15.0. The monoisotopic (exact) mass is 417 g/mol. The Labute approximate surface area is 182 Å². The molecule has 4 rings (SSSR count). The maximum atomic E-state index is 13.0. The van der Waals surface area contributed by atoms with E-state index in [1.54, 1.807) is 23.0 Å². The van der Waals surface area contributed by atoms with E-state index >= 15 is 0 Å². The van der Waals surface area contributed by atoms with Crippen molar-refractivity contribution in [1.82, 2.24) is 29.6 Å². The Kier molecular flexibility index (Phi) is 6.06. The van der Waals surface area contributed by atoms with Crippen LogP contribution in [0.4, 0.5) is 11.6 Å². The second-order valence-electron chi connectivity index (χ2n) is 7.80. The number of aromatic nitrogens is 5. The van der Waals surface area contributed by atoms with E-state index in [0.29, 0.717) is 18.2 Å². The molecule has 1 fully saturated rings. The van der Waals surface area contributed by atoms with Gasteiger partial charge in [0.2, 0.25) is 5.91 Å². The number of carbonyl (C=O) groups excluding carboxylic acids is 1. The summed E-state index contributed by atoms with van der Waals surface area (Å²) in [5.74, 6) is 2.05. The van der Waals surface area contributed by atoms with Crippen molar-refractivity contribution in [1.29, 1.82) is 0 Å². The van der Waals surface area contributed by atoms with Crippen molar-refractivity contribution >= 4 is 23.6 Å². The Bertz CT molecular complexity index is 1100. The Morgan fingerprint density at radius 1 is 1.10 bits per heavy atom. The van der Waals surface area contributed by atoms with Gasteiger partial charge in [0.25, 0.3) is 0 Å². The van der Waals surface area contributed by atoms with Gasteiger partial charge >= 0.3 is 0 Å². The Balaban J connectivity index is 1.57. The molecule has 0 spiro atoms. The minimum absolute atomic E-state index is 0.0362. The number of likely N-dealkylation sites (tertiary alicyclic amines) is 1. The first-order valence-corrected chi connectivity index (χ1v) is 10.5. The molecule has 3 aromatic rings. The van der Waals surface area contributed by atoms with Crippen LogP contribution in [0, 0.1) is 13.8 Å². The van der Waals surface area contributed by atoms with Crippen molar-refractivity contribution in [2.24, 2.45) is 7.05 Å². The van der Waals surface area contributed by atoms with Crippen LogP contribution >= 0.6 is 0 Å². The highest BCUT2D eigenvalue weighted by Gasteiger charge is 2.29. The van der Waals surface area contributed by atoms with Gasteiger partial charge in [-0.1, -0.05) is 6.07 Å². The van der Waals surface area contributed by atoms with Gasteiger partial charge in [-0.05, 0) is 57.4 Å². The molecule has 8 nitrogen and oxygen atoms in total. The van der Waals surface area contributed by atoms with E-state index in [1.807, 2.05) is 56.1 Å². The van der Waals surface area contributed by atoms with E-state index in [-0.39, 0.29) is 11.9 Å². The lowest BCUT2D eigenvalue weighted by Crippen LogP contribution is -2.38. The molecule has 1 unspecified atom stereocenters. The highest BCUT2D eigenvalue weighted by Crippen LogP contribution is 2.30. The van der Waals surface area contributed by atoms with Gasteiger partial charge < -0.3 is 10.2 Å². The van der Waals surface area contributed by atoms with Crippen LogP contribution in [-0.2, 0) is 11.8 Å². The van der Waals surface area contributed by atoms with Crippen molar-refractivity contribution in [3.05, 3.63) is 65.5 Å². The molecule has 0 bridgehead atoms. The Hall–Kier alpha value is -3.55. The number of hydrogen-bond donors (Lipinski definition) is 1. The fourth-order valence-corrected chi connectivity index (χ4v) is 3.81. The van der Waals surface area contributed by atoms with Gasteiger partial charge in [-0.3, -0.25) is 9.48 Å². The largest absolute Gasteiger partial charge is 0.329 e. The Morgan fingerprint density at radius 3 is 2.74 bits per heavy atom. The van der Waals surface area contributed by atoms with E-state index < -0.39 is 0 Å². The maximum absolute atomic E-state index is 13.0. The minimum atomic E-state index is -0.150. The minimum Gasteiger partial charge on any atom is -0.329 e. The van der Waals surface area contributed by atoms with Crippen molar-refractivity contribution in [3.63, 3.8) is 0 Å². The van der Waals surface area contributed by atoms with Crippen molar-refractivity contribution in [2.45, 2.75) is 39.2 Å². The predicted octanol–water partition coefficient (Wildman–Crippen LogP) is 3.73. The molecule has 1 amide bonds. The molecule has 160 valence electrons. The van der Waals surface area contributed by atoms with Crippen LogP contribution in [0.2, 0.25) is 0 Å². The SMILES string of the molecule is Cc1cccc(Nc2cc(C)nc(C3CCCCN3C(=O)/C=C/c3ccnn3C)n2)n1. The van der Waals surface area contributed by atoms with E-state index in [4.69, 9.17) is 4.98 Å². The van der Waals surface area contributed by atoms with Gasteiger partial charge in [-0.25, -0.2) is 15.0 Å². The fraction of sp³-hybridized carbons (Fsp3) is 0.348. The zero-order chi connectivity index (χ0) is 21.8. The van der Waals surface area contributed by atoms with E-state index in [0.717, 1.165) is 42.2 Å². The number of rotatable bonds is 5. The van der Waals surface area contributed by atoms with Crippen LogP contribution in [-0.4, -0.2) is 42.1 Å². The lowest BCUT2D eigenvalue weighted by Gasteiger charge is -2.34. The molecule has 8 heteroatoms. The molecule has 1 saturated heterocycles. The number of anilines is 2. The van der Waals surface area contributed by atoms with Crippen molar-refractivity contribution in [2.75, 3.05) is 11.9 Å². The lowest BCUT2D eigenvalue weighted by molar-refractivity contribution is -0.129. The molecule has 1 aliphatic heterocycles. The molecular weight excluding hydrogens is 390 g/mol. The van der Waals surface area contributed by atoms with Gasteiger partial charge in [-0.15, -0.1) is 0 Å². The molecule has 3 aromatic heterocycles. The molecule has 0 aromatic carbocycles. The molecule has 1 atom stereocenters. The van der Waals surface area contributed by atoms with Gasteiger partial charge in [-0.2, -0.15) is 5.10 Å². The summed E-state index contributed by atoms with van der Waals surface area (Å²) in [6, 6.07) is 9.43. The summed E-state index contributed by atoms with van der Waals surface area (Å²) in [6.45, 7) is 4.59. The second kappa shape index (κ2) is 9.07. The van der Waals surface area contributed by atoms with Crippen LogP contribution in [0.1, 0.15) is 48.2 Å². The maximum Gasteiger partial charge on any atom is 0.247 e. The molecule has 1 N–H and O–H groups in total. The average molecular weight is 418 g/mol. The van der Waals surface area contributed by atoms with Crippen molar-refractivity contribution in [3.8, 4) is 0 Å². The molecule has 0 aliphatic carbocycles. The number of piperidine rings is 1. The van der Waals surface area contributed by atoms with Gasteiger partial charge in [0.1, 0.15) is 11.6 Å². The Morgan fingerprint density at radius 2 is 1.97 bits per heavy atom. The normalized spacial score (nSPS) is 16.6. The molecule has 1 aliphatic rings. The standard InChI is InChI=1S/C23H27N7O/c1-16-7-6-9-20(25-16)27-21-15-17(2)26-23(28-21)19-8-4-5-14-30(19)22(31)11-10-18-12-13-24-29(18)3/h6-7,9-13,15,19H,4-5,8,14H2,1-3H3,(H,25,26,27,28)/b11-10+. The zero-order valence-electron chi connectivity index (χ0n) is 18.1. The third-order valence-electron chi connectivity index (χ3n) is 5.36. The van der Waals surface area contributed by atoms with Gasteiger partial charge in [0.15, 0.2) is 5.82 Å².